The van der Waals surface area contributed by atoms with Crippen LogP contribution in [0.1, 0.15) is 18.5 Å². The fourth-order valence-electron chi connectivity index (χ4n) is 3.63. The molecular formula is C16H22N4O4. The van der Waals surface area contributed by atoms with Gasteiger partial charge in [-0.15, -0.1) is 0 Å². The van der Waals surface area contributed by atoms with Crippen LogP contribution in [0.15, 0.2) is 18.2 Å². The average Bonchev–Trinajstić information content (AvgIpc) is 2.55. The number of benzene rings is 1. The van der Waals surface area contributed by atoms with Gasteiger partial charge in [-0.25, -0.2) is 9.59 Å². The van der Waals surface area contributed by atoms with Crippen LogP contribution in [0.25, 0.3) is 0 Å². The van der Waals surface area contributed by atoms with E-state index in [9.17, 15) is 14.7 Å². The molecule has 3 rings (SSSR count). The van der Waals surface area contributed by atoms with Crippen LogP contribution in [0, 0.1) is 5.92 Å². The van der Waals surface area contributed by atoms with Gasteiger partial charge in [0, 0.05) is 26.1 Å². The van der Waals surface area contributed by atoms with Crippen LogP contribution < -0.4 is 15.4 Å². The Labute approximate surface area is 140 Å². The first-order valence-corrected chi connectivity index (χ1v) is 7.78. The molecule has 3 N–H and O–H groups in total. The van der Waals surface area contributed by atoms with Gasteiger partial charge >= 0.3 is 12.1 Å². The second kappa shape index (κ2) is 5.77. The quantitative estimate of drug-likeness (QED) is 0.754. The van der Waals surface area contributed by atoms with Crippen molar-refractivity contribution >= 4 is 12.1 Å². The van der Waals surface area contributed by atoms with Crippen molar-refractivity contribution in [1.29, 1.82) is 0 Å². The summed E-state index contributed by atoms with van der Waals surface area (Å²) in [7, 11) is 4.87. The lowest BCUT2D eigenvalue weighted by molar-refractivity contribution is 0.0247. The Hall–Kier alpha value is -2.64. The van der Waals surface area contributed by atoms with Crippen molar-refractivity contribution in [2.75, 3.05) is 21.2 Å². The van der Waals surface area contributed by atoms with Crippen LogP contribution in [0.3, 0.4) is 0 Å². The maximum absolute atomic E-state index is 12.4. The summed E-state index contributed by atoms with van der Waals surface area (Å²) in [5.41, 5.74) is 0.841. The van der Waals surface area contributed by atoms with Gasteiger partial charge < -0.3 is 30.3 Å². The molecule has 8 nitrogen and oxygen atoms in total. The maximum Gasteiger partial charge on any atom is 0.319 e. The molecule has 130 valence electrons. The normalized spacial score (nSPS) is 29.7. The first kappa shape index (κ1) is 16.2. The average molecular weight is 334 g/mol. The minimum Gasteiger partial charge on any atom is -0.504 e. The lowest BCUT2D eigenvalue weighted by Crippen LogP contribution is -2.71. The van der Waals surface area contributed by atoms with E-state index in [0.717, 1.165) is 5.56 Å². The predicted octanol–water partition coefficient (Wildman–Crippen LogP) is 1.08. The van der Waals surface area contributed by atoms with E-state index >= 15 is 0 Å². The van der Waals surface area contributed by atoms with E-state index in [1.807, 2.05) is 6.92 Å². The molecule has 1 aromatic carbocycles. The Morgan fingerprint density at radius 1 is 1.12 bits per heavy atom. The standard InChI is InChI=1S/C16H22N4O4/c1-8-12-13(9-5-6-10(21)11(7-9)24-4)19(2)16(23)18-14(12)20(3)15(22)17-8/h5-8,12-14,21H,1-4H3,(H,17,22)(H,18,23)/t8-,12-,13+,14+/m0/s1. The molecule has 4 amide bonds. The highest BCUT2D eigenvalue weighted by molar-refractivity contribution is 5.80. The van der Waals surface area contributed by atoms with Crippen molar-refractivity contribution in [1.82, 2.24) is 20.4 Å². The van der Waals surface area contributed by atoms with E-state index in [1.165, 1.54) is 12.0 Å². The van der Waals surface area contributed by atoms with Crippen molar-refractivity contribution < 1.29 is 19.4 Å². The van der Waals surface area contributed by atoms with E-state index < -0.39 is 6.17 Å². The molecule has 0 unspecified atom stereocenters. The molecule has 0 aromatic heterocycles. The minimum atomic E-state index is -0.401. The smallest absolute Gasteiger partial charge is 0.319 e. The Morgan fingerprint density at radius 3 is 2.46 bits per heavy atom. The monoisotopic (exact) mass is 334 g/mol. The second-order valence-corrected chi connectivity index (χ2v) is 6.31. The van der Waals surface area contributed by atoms with Crippen molar-refractivity contribution in [2.24, 2.45) is 5.92 Å². The minimum absolute atomic E-state index is 0.0443. The summed E-state index contributed by atoms with van der Waals surface area (Å²) in [6.07, 6.45) is -0.401. The van der Waals surface area contributed by atoms with E-state index in [4.69, 9.17) is 4.74 Å². The van der Waals surface area contributed by atoms with Crippen LogP contribution in [0.4, 0.5) is 9.59 Å². The van der Waals surface area contributed by atoms with Crippen LogP contribution in [-0.4, -0.2) is 60.4 Å². The van der Waals surface area contributed by atoms with Gasteiger partial charge in [-0.05, 0) is 24.6 Å². The van der Waals surface area contributed by atoms with Gasteiger partial charge in [0.25, 0.3) is 0 Å². The van der Waals surface area contributed by atoms with Crippen molar-refractivity contribution in [3.05, 3.63) is 23.8 Å². The molecule has 2 aliphatic heterocycles. The number of ether oxygens (including phenoxy) is 1. The summed E-state index contributed by atoms with van der Waals surface area (Å²) in [6, 6.07) is 4.20. The van der Waals surface area contributed by atoms with Gasteiger partial charge in [0.15, 0.2) is 11.5 Å². The molecule has 1 aromatic rings. The number of phenols is 1. The molecule has 0 radical (unpaired) electrons. The molecular weight excluding hydrogens is 312 g/mol. The number of carbonyl (C=O) groups excluding carboxylic acids is 2. The van der Waals surface area contributed by atoms with Gasteiger partial charge in [0.05, 0.1) is 13.2 Å². The predicted molar refractivity (Wildman–Crippen MR) is 86.7 cm³/mol. The molecule has 2 aliphatic rings. The molecule has 0 aliphatic carbocycles. The number of nitrogens with one attached hydrogen (secondary N) is 2. The number of phenolic OH excluding ortho intramolecular Hbond substituents is 1. The number of amides is 4. The molecule has 0 bridgehead atoms. The fraction of sp³-hybridized carbons (Fsp3) is 0.500. The van der Waals surface area contributed by atoms with E-state index in [-0.39, 0.29) is 35.8 Å². The van der Waals surface area contributed by atoms with Gasteiger partial charge in [-0.1, -0.05) is 6.07 Å². The highest BCUT2D eigenvalue weighted by atomic mass is 16.5. The molecule has 2 fully saturated rings. The number of carbonyl (C=O) groups is 2. The number of fused-ring (bicyclic) bond motifs is 1. The second-order valence-electron chi connectivity index (χ2n) is 6.31. The molecule has 4 atom stereocenters. The van der Waals surface area contributed by atoms with Crippen LogP contribution >= 0.6 is 0 Å². The number of methoxy groups -OCH3 is 1. The van der Waals surface area contributed by atoms with Gasteiger partial charge in [-0.2, -0.15) is 0 Å². The molecule has 2 heterocycles. The summed E-state index contributed by atoms with van der Waals surface area (Å²) >= 11 is 0. The molecule has 8 heteroatoms. The summed E-state index contributed by atoms with van der Waals surface area (Å²) in [4.78, 5) is 27.6. The lowest BCUT2D eigenvalue weighted by Gasteiger charge is -2.52. The first-order valence-electron chi connectivity index (χ1n) is 7.78. The van der Waals surface area contributed by atoms with E-state index in [1.54, 1.807) is 37.2 Å². The van der Waals surface area contributed by atoms with Crippen molar-refractivity contribution in [3.63, 3.8) is 0 Å². The number of hydrogen-bond acceptors (Lipinski definition) is 4. The Bertz CT molecular complexity index is 680. The molecule has 0 saturated carbocycles. The van der Waals surface area contributed by atoms with Crippen molar-refractivity contribution in [2.45, 2.75) is 25.2 Å². The number of aromatic hydroxyl groups is 1. The molecule has 2 saturated heterocycles. The number of nitrogens with zero attached hydrogens (tertiary/aromatic N) is 2. The Balaban J connectivity index is 2.06. The number of hydrogen-bond donors (Lipinski definition) is 3. The zero-order chi connectivity index (χ0) is 17.6. The Kier molecular flexibility index (Phi) is 3.90. The van der Waals surface area contributed by atoms with Gasteiger partial charge in [0.1, 0.15) is 6.17 Å². The van der Waals surface area contributed by atoms with Crippen LogP contribution in [0.2, 0.25) is 0 Å². The Morgan fingerprint density at radius 2 is 1.79 bits per heavy atom. The van der Waals surface area contributed by atoms with Crippen LogP contribution in [-0.2, 0) is 0 Å². The number of urea groups is 2. The maximum atomic E-state index is 12.4. The highest BCUT2D eigenvalue weighted by Crippen LogP contribution is 2.40. The molecule has 24 heavy (non-hydrogen) atoms. The van der Waals surface area contributed by atoms with Crippen LogP contribution in [0.5, 0.6) is 11.5 Å². The fourth-order valence-corrected chi connectivity index (χ4v) is 3.63. The van der Waals surface area contributed by atoms with Gasteiger partial charge in [-0.3, -0.25) is 0 Å². The summed E-state index contributed by atoms with van der Waals surface area (Å²) in [5.74, 6) is 0.330. The largest absolute Gasteiger partial charge is 0.504 e. The molecule has 0 spiro atoms. The van der Waals surface area contributed by atoms with Crippen molar-refractivity contribution in [3.8, 4) is 11.5 Å². The summed E-state index contributed by atoms with van der Waals surface area (Å²) < 4.78 is 5.19. The lowest BCUT2D eigenvalue weighted by atomic mass is 9.81. The third-order valence-electron chi connectivity index (χ3n) is 4.95. The zero-order valence-electron chi connectivity index (χ0n) is 14.1. The summed E-state index contributed by atoms with van der Waals surface area (Å²) in [5, 5.41) is 15.7. The summed E-state index contributed by atoms with van der Waals surface area (Å²) in [6.45, 7) is 1.93. The third-order valence-corrected chi connectivity index (χ3v) is 4.95. The third kappa shape index (κ3) is 2.38. The topological polar surface area (TPSA) is 94.1 Å². The highest BCUT2D eigenvalue weighted by Gasteiger charge is 2.49. The van der Waals surface area contributed by atoms with E-state index in [2.05, 4.69) is 10.6 Å². The zero-order valence-corrected chi connectivity index (χ0v) is 14.1. The number of rotatable bonds is 2. The SMILES string of the molecule is COc1cc([C@@H]2[C@@H]3[C@H](C)NC(=O)N(C)[C@H]3NC(=O)N2C)ccc1O. The first-order chi connectivity index (χ1) is 11.3. The van der Waals surface area contributed by atoms with E-state index in [0.29, 0.717) is 5.75 Å². The van der Waals surface area contributed by atoms with Gasteiger partial charge in [0.2, 0.25) is 0 Å².